The van der Waals surface area contributed by atoms with Gasteiger partial charge in [-0.25, -0.2) is 0 Å². The first-order chi connectivity index (χ1) is 9.00. The average Bonchev–Trinajstić information content (AvgIpc) is 2.95. The van der Waals surface area contributed by atoms with Crippen molar-refractivity contribution in [2.24, 2.45) is 7.05 Å². The van der Waals surface area contributed by atoms with Crippen molar-refractivity contribution < 1.29 is 14.1 Å². The Morgan fingerprint density at radius 2 is 2.37 bits per heavy atom. The zero-order valence-electron chi connectivity index (χ0n) is 10.4. The Bertz CT molecular complexity index is 615. The highest BCUT2D eigenvalue weighted by Crippen LogP contribution is 2.21. The quantitative estimate of drug-likeness (QED) is 0.659. The van der Waals surface area contributed by atoms with Gasteiger partial charge in [-0.2, -0.15) is 5.10 Å². The standard InChI is InChI=1S/C11H12N4O4/c1-7-10(15(17)18)9(13-14(7)2)11(16)12-6-8-4-3-5-19-8/h3-5H,6H2,1-2H3,(H,12,16). The predicted molar refractivity (Wildman–Crippen MR) is 64.5 cm³/mol. The fraction of sp³-hybridized carbons (Fsp3) is 0.273. The molecule has 8 nitrogen and oxygen atoms in total. The van der Waals surface area contributed by atoms with Crippen LogP contribution in [0.4, 0.5) is 5.69 Å². The number of nitro groups is 1. The molecule has 0 aromatic carbocycles. The number of aryl methyl sites for hydroxylation is 1. The van der Waals surface area contributed by atoms with Gasteiger partial charge in [0.25, 0.3) is 5.91 Å². The van der Waals surface area contributed by atoms with E-state index in [0.29, 0.717) is 11.5 Å². The number of amides is 1. The Morgan fingerprint density at radius 3 is 2.95 bits per heavy atom. The molecule has 0 saturated heterocycles. The van der Waals surface area contributed by atoms with Crippen molar-refractivity contribution in [1.82, 2.24) is 15.1 Å². The van der Waals surface area contributed by atoms with E-state index in [1.165, 1.54) is 17.9 Å². The first kappa shape index (κ1) is 12.8. The van der Waals surface area contributed by atoms with Crippen LogP contribution < -0.4 is 5.32 Å². The van der Waals surface area contributed by atoms with Gasteiger partial charge in [-0.3, -0.25) is 19.6 Å². The van der Waals surface area contributed by atoms with E-state index in [4.69, 9.17) is 4.42 Å². The van der Waals surface area contributed by atoms with Gasteiger partial charge in [0, 0.05) is 7.05 Å². The maximum Gasteiger partial charge on any atom is 0.322 e. The van der Waals surface area contributed by atoms with Gasteiger partial charge >= 0.3 is 5.69 Å². The number of carbonyl (C=O) groups excluding carboxylic acids is 1. The minimum atomic E-state index is -0.607. The molecule has 8 heteroatoms. The second-order valence-corrected chi connectivity index (χ2v) is 3.93. The number of nitrogens with one attached hydrogen (secondary N) is 1. The van der Waals surface area contributed by atoms with Crippen LogP contribution >= 0.6 is 0 Å². The number of rotatable bonds is 4. The van der Waals surface area contributed by atoms with E-state index in [0.717, 1.165) is 0 Å². The van der Waals surface area contributed by atoms with Crippen molar-refractivity contribution in [3.63, 3.8) is 0 Å². The molecule has 2 rings (SSSR count). The largest absolute Gasteiger partial charge is 0.467 e. The molecular weight excluding hydrogens is 252 g/mol. The SMILES string of the molecule is Cc1c([N+](=O)[O-])c(C(=O)NCc2ccco2)nn1C. The Morgan fingerprint density at radius 1 is 1.63 bits per heavy atom. The number of hydrogen-bond acceptors (Lipinski definition) is 5. The van der Waals surface area contributed by atoms with Crippen LogP contribution in [0.2, 0.25) is 0 Å². The number of aromatic nitrogens is 2. The Labute approximate surface area is 108 Å². The van der Waals surface area contributed by atoms with Crippen LogP contribution in [0.25, 0.3) is 0 Å². The third-order valence-electron chi connectivity index (χ3n) is 2.70. The van der Waals surface area contributed by atoms with Crippen LogP contribution in [0, 0.1) is 17.0 Å². The lowest BCUT2D eigenvalue weighted by Crippen LogP contribution is -2.24. The maximum atomic E-state index is 11.9. The van der Waals surface area contributed by atoms with Crippen LogP contribution in [-0.2, 0) is 13.6 Å². The average molecular weight is 264 g/mol. The number of carbonyl (C=O) groups is 1. The van der Waals surface area contributed by atoms with Crippen molar-refractivity contribution in [2.75, 3.05) is 0 Å². The topological polar surface area (TPSA) is 103 Å². The summed E-state index contributed by atoms with van der Waals surface area (Å²) in [6.07, 6.45) is 1.48. The van der Waals surface area contributed by atoms with Crippen molar-refractivity contribution in [3.05, 3.63) is 45.7 Å². The summed E-state index contributed by atoms with van der Waals surface area (Å²) in [4.78, 5) is 22.2. The number of hydrogen-bond donors (Lipinski definition) is 1. The molecule has 19 heavy (non-hydrogen) atoms. The summed E-state index contributed by atoms with van der Waals surface area (Å²) in [5, 5.41) is 17.3. The highest BCUT2D eigenvalue weighted by Gasteiger charge is 2.28. The van der Waals surface area contributed by atoms with Crippen molar-refractivity contribution in [2.45, 2.75) is 13.5 Å². The molecule has 100 valence electrons. The lowest BCUT2D eigenvalue weighted by atomic mass is 10.3. The van der Waals surface area contributed by atoms with E-state index in [1.54, 1.807) is 19.2 Å². The molecule has 1 N–H and O–H groups in total. The maximum absolute atomic E-state index is 11.9. The van der Waals surface area contributed by atoms with Gasteiger partial charge in [-0.1, -0.05) is 0 Å². The molecule has 0 unspecified atom stereocenters. The summed E-state index contributed by atoms with van der Waals surface area (Å²) in [6.45, 7) is 1.69. The minimum Gasteiger partial charge on any atom is -0.467 e. The van der Waals surface area contributed by atoms with E-state index in [-0.39, 0.29) is 17.9 Å². The molecule has 0 bridgehead atoms. The zero-order valence-corrected chi connectivity index (χ0v) is 10.4. The van der Waals surface area contributed by atoms with Gasteiger partial charge in [0.15, 0.2) is 0 Å². The molecule has 2 aromatic rings. The van der Waals surface area contributed by atoms with Gasteiger partial charge < -0.3 is 9.73 Å². The van der Waals surface area contributed by atoms with E-state index >= 15 is 0 Å². The molecule has 0 spiro atoms. The summed E-state index contributed by atoms with van der Waals surface area (Å²) in [5.41, 5.74) is -0.149. The van der Waals surface area contributed by atoms with E-state index in [9.17, 15) is 14.9 Å². The van der Waals surface area contributed by atoms with Crippen molar-refractivity contribution >= 4 is 11.6 Å². The van der Waals surface area contributed by atoms with E-state index in [1.807, 2.05) is 0 Å². The molecule has 1 amide bonds. The molecular formula is C11H12N4O4. The lowest BCUT2D eigenvalue weighted by molar-refractivity contribution is -0.385. The third kappa shape index (κ3) is 2.46. The highest BCUT2D eigenvalue weighted by atomic mass is 16.6. The van der Waals surface area contributed by atoms with Crippen LogP contribution in [0.3, 0.4) is 0 Å². The first-order valence-electron chi connectivity index (χ1n) is 5.49. The van der Waals surface area contributed by atoms with Crippen LogP contribution in [-0.4, -0.2) is 20.6 Å². The predicted octanol–water partition coefficient (Wildman–Crippen LogP) is 1.16. The number of nitrogens with zero attached hydrogens (tertiary/aromatic N) is 3. The van der Waals surface area contributed by atoms with Gasteiger partial charge in [-0.05, 0) is 19.1 Å². The summed E-state index contributed by atoms with van der Waals surface area (Å²) in [5.74, 6) is -0.0459. The van der Waals surface area contributed by atoms with E-state index < -0.39 is 10.8 Å². The zero-order chi connectivity index (χ0) is 14.0. The Balaban J connectivity index is 2.19. The number of furan rings is 1. The second-order valence-electron chi connectivity index (χ2n) is 3.93. The normalized spacial score (nSPS) is 10.4. The Hall–Kier alpha value is -2.64. The van der Waals surface area contributed by atoms with Gasteiger partial charge in [0.2, 0.25) is 5.69 Å². The van der Waals surface area contributed by atoms with Crippen LogP contribution in [0.1, 0.15) is 21.9 Å². The van der Waals surface area contributed by atoms with Crippen molar-refractivity contribution in [1.29, 1.82) is 0 Å². The molecule has 0 fully saturated rings. The molecule has 0 atom stereocenters. The first-order valence-corrected chi connectivity index (χ1v) is 5.49. The second kappa shape index (κ2) is 4.92. The molecule has 0 aliphatic carbocycles. The van der Waals surface area contributed by atoms with Crippen molar-refractivity contribution in [3.8, 4) is 0 Å². The van der Waals surface area contributed by atoms with Crippen LogP contribution in [0.5, 0.6) is 0 Å². The van der Waals surface area contributed by atoms with Gasteiger partial charge in [0.05, 0.1) is 17.7 Å². The summed E-state index contributed by atoms with van der Waals surface area (Å²) in [7, 11) is 1.55. The summed E-state index contributed by atoms with van der Waals surface area (Å²) < 4.78 is 6.36. The van der Waals surface area contributed by atoms with Gasteiger partial charge in [0.1, 0.15) is 11.5 Å². The minimum absolute atomic E-state index is 0.151. The highest BCUT2D eigenvalue weighted by molar-refractivity contribution is 5.96. The fourth-order valence-electron chi connectivity index (χ4n) is 1.63. The molecule has 0 radical (unpaired) electrons. The molecule has 2 heterocycles. The molecule has 2 aromatic heterocycles. The lowest BCUT2D eigenvalue weighted by Gasteiger charge is -1.99. The van der Waals surface area contributed by atoms with Crippen LogP contribution in [0.15, 0.2) is 22.8 Å². The monoisotopic (exact) mass is 264 g/mol. The van der Waals surface area contributed by atoms with E-state index in [2.05, 4.69) is 10.4 Å². The third-order valence-corrected chi connectivity index (χ3v) is 2.70. The Kier molecular flexibility index (Phi) is 3.32. The summed E-state index contributed by atoms with van der Waals surface area (Å²) in [6, 6.07) is 3.38. The summed E-state index contributed by atoms with van der Waals surface area (Å²) >= 11 is 0. The fourth-order valence-corrected chi connectivity index (χ4v) is 1.63. The molecule has 0 saturated carbocycles. The smallest absolute Gasteiger partial charge is 0.322 e. The molecule has 0 aliphatic heterocycles. The van der Waals surface area contributed by atoms with Gasteiger partial charge in [-0.15, -0.1) is 0 Å². The molecule has 0 aliphatic rings.